The Morgan fingerprint density at radius 2 is 1.02 bits per heavy atom. The fourth-order valence-electron chi connectivity index (χ4n) is 8.42. The molecule has 2 fully saturated rings. The minimum atomic E-state index is -0.357. The number of aryl methyl sites for hydroxylation is 4. The Labute approximate surface area is 363 Å². The molecule has 0 N–H and O–H groups in total. The molecule has 0 amide bonds. The van der Waals surface area contributed by atoms with Crippen LogP contribution in [0.3, 0.4) is 0 Å². The first-order chi connectivity index (χ1) is 29.7. The molecule has 0 saturated heterocycles. The Morgan fingerprint density at radius 3 is 1.48 bits per heavy atom. The van der Waals surface area contributed by atoms with E-state index in [9.17, 15) is 19.2 Å². The molecule has 2 saturated carbocycles. The number of hydrogen-bond donors (Lipinski definition) is 0. The van der Waals surface area contributed by atoms with E-state index < -0.39 is 0 Å². The number of carbonyl (C=O) groups is 4. The molecule has 320 valence electrons. The predicted octanol–water partition coefficient (Wildman–Crippen LogP) is 11.1. The number of pyridine rings is 1. The Bertz CT molecular complexity index is 2240. The van der Waals surface area contributed by atoms with Gasteiger partial charge in [-0.25, -0.2) is 4.98 Å². The first-order valence-corrected chi connectivity index (χ1v) is 23.1. The van der Waals surface area contributed by atoms with Crippen molar-refractivity contribution in [3.05, 3.63) is 113 Å². The summed E-state index contributed by atoms with van der Waals surface area (Å²) in [5.41, 5.74) is 5.99. The van der Waals surface area contributed by atoms with Gasteiger partial charge in [0.05, 0.1) is 22.4 Å². The molecule has 2 heterocycles. The molecule has 3 aromatic carbocycles. The summed E-state index contributed by atoms with van der Waals surface area (Å²) in [7, 11) is 0. The van der Waals surface area contributed by atoms with Crippen molar-refractivity contribution in [2.24, 2.45) is 11.8 Å². The van der Waals surface area contributed by atoms with Crippen LogP contribution in [-0.2, 0) is 54.3 Å². The molecule has 9 nitrogen and oxygen atoms in total. The van der Waals surface area contributed by atoms with Crippen molar-refractivity contribution in [3.8, 4) is 22.1 Å². The highest BCUT2D eigenvalue weighted by atomic mass is 32.1. The number of thiophene rings is 1. The van der Waals surface area contributed by atoms with E-state index >= 15 is 0 Å². The Hall–Kier alpha value is -5.35. The van der Waals surface area contributed by atoms with Crippen LogP contribution < -0.4 is 9.47 Å². The van der Waals surface area contributed by atoms with E-state index in [4.69, 9.17) is 23.9 Å². The highest BCUT2D eigenvalue weighted by Gasteiger charge is 2.32. The fraction of sp³-hybridized carbons (Fsp3) is 0.431. The van der Waals surface area contributed by atoms with Crippen molar-refractivity contribution in [3.63, 3.8) is 0 Å². The number of fused-ring (bicyclic) bond motifs is 1. The topological polar surface area (TPSA) is 118 Å². The molecule has 0 aliphatic heterocycles. The lowest BCUT2D eigenvalue weighted by atomic mass is 9.87. The van der Waals surface area contributed by atoms with Gasteiger partial charge in [0.1, 0.15) is 23.5 Å². The van der Waals surface area contributed by atoms with Gasteiger partial charge < -0.3 is 18.9 Å². The lowest BCUT2D eigenvalue weighted by Gasteiger charge is -2.27. The van der Waals surface area contributed by atoms with E-state index in [1.54, 1.807) is 23.5 Å². The highest BCUT2D eigenvalue weighted by Crippen LogP contribution is 2.38. The van der Waals surface area contributed by atoms with Gasteiger partial charge in [-0.1, -0.05) is 81.3 Å². The first kappa shape index (κ1) is 43.7. The number of benzene rings is 3. The predicted molar refractivity (Wildman–Crippen MR) is 238 cm³/mol. The molecule has 2 aliphatic carbocycles. The van der Waals surface area contributed by atoms with Crippen LogP contribution in [0.15, 0.2) is 90.3 Å². The Balaban J connectivity index is 0.912. The summed E-state index contributed by atoms with van der Waals surface area (Å²) >= 11 is 1.55. The third-order valence-electron chi connectivity index (χ3n) is 11.9. The third kappa shape index (κ3) is 12.2. The maximum atomic E-state index is 13.6. The molecule has 0 spiro atoms. The average Bonchev–Trinajstić information content (AvgIpc) is 3.83. The van der Waals surface area contributed by atoms with Crippen LogP contribution in [0.5, 0.6) is 11.5 Å². The summed E-state index contributed by atoms with van der Waals surface area (Å²) in [6.45, 7) is 4.32. The molecule has 0 bridgehead atoms. The number of hydrogen-bond acceptors (Lipinski definition) is 10. The number of rotatable bonds is 17. The van der Waals surface area contributed by atoms with Gasteiger partial charge in [-0.3, -0.25) is 19.2 Å². The van der Waals surface area contributed by atoms with Crippen molar-refractivity contribution in [2.75, 3.05) is 0 Å². The maximum absolute atomic E-state index is 13.6. The van der Waals surface area contributed by atoms with Crippen molar-refractivity contribution >= 4 is 46.1 Å². The average molecular weight is 844 g/mol. The van der Waals surface area contributed by atoms with Gasteiger partial charge in [0, 0.05) is 18.2 Å². The van der Waals surface area contributed by atoms with Gasteiger partial charge in [0.15, 0.2) is 5.75 Å². The molecule has 7 rings (SSSR count). The van der Waals surface area contributed by atoms with Crippen molar-refractivity contribution in [1.82, 2.24) is 4.98 Å². The minimum absolute atomic E-state index is 0.214. The second kappa shape index (κ2) is 21.4. The third-order valence-corrected chi connectivity index (χ3v) is 12.8. The van der Waals surface area contributed by atoms with Crippen LogP contribution in [0.25, 0.3) is 21.5 Å². The Morgan fingerprint density at radius 1 is 0.557 bits per heavy atom. The largest absolute Gasteiger partial charge is 0.462 e. The van der Waals surface area contributed by atoms with E-state index in [2.05, 4.69) is 62.4 Å². The zero-order valence-electron chi connectivity index (χ0n) is 35.4. The second-order valence-corrected chi connectivity index (χ2v) is 17.5. The summed E-state index contributed by atoms with van der Waals surface area (Å²) in [6.07, 6.45) is 10.4. The minimum Gasteiger partial charge on any atom is -0.462 e. The smallest absolute Gasteiger partial charge is 0.314 e. The van der Waals surface area contributed by atoms with Gasteiger partial charge in [-0.15, -0.1) is 11.3 Å². The van der Waals surface area contributed by atoms with Crippen LogP contribution >= 0.6 is 11.3 Å². The molecular formula is C51H57NO8S. The van der Waals surface area contributed by atoms with Crippen LogP contribution in [0.2, 0.25) is 0 Å². The fourth-order valence-corrected chi connectivity index (χ4v) is 9.12. The zero-order valence-corrected chi connectivity index (χ0v) is 36.2. The molecule has 5 aromatic rings. The molecule has 2 aromatic heterocycles. The summed E-state index contributed by atoms with van der Waals surface area (Å²) in [6, 6.07) is 27.8. The quantitative estimate of drug-likeness (QED) is 0.0666. The van der Waals surface area contributed by atoms with Crippen LogP contribution in [0.1, 0.15) is 113 Å². The molecular weight excluding hydrogens is 787 g/mol. The lowest BCUT2D eigenvalue weighted by molar-refractivity contribution is -0.153. The Kier molecular flexibility index (Phi) is 15.4. The van der Waals surface area contributed by atoms with Crippen molar-refractivity contribution < 1.29 is 38.1 Å². The number of nitrogens with zero attached hydrogens (tertiary/aromatic N) is 1. The molecule has 0 radical (unpaired) electrons. The van der Waals surface area contributed by atoms with E-state index in [0.717, 1.165) is 47.4 Å². The number of esters is 4. The monoisotopic (exact) mass is 843 g/mol. The molecule has 61 heavy (non-hydrogen) atoms. The van der Waals surface area contributed by atoms with Crippen LogP contribution in [0.4, 0.5) is 0 Å². The van der Waals surface area contributed by atoms with Crippen molar-refractivity contribution in [1.29, 1.82) is 0 Å². The molecule has 10 heteroatoms. The second-order valence-electron chi connectivity index (χ2n) is 16.5. The summed E-state index contributed by atoms with van der Waals surface area (Å²) < 4.78 is 23.7. The standard InChI is InChI=1S/C51H57NO8S/c1-3-6-34-9-13-36(14-10-34)17-31-47(53)57-40-23-19-38(20-24-40)50(55)59-44-29-30-45(49-42(44)27-28-43(52-49)46-8-5-33-61-46)60-51(56)39-21-25-41(26-22-39)58-48(54)32-18-37-15-11-35(7-4-2)12-16-37/h5,8-16,27-30,33,38-41H,3-4,6-7,17-26,31-32H2,1-2H3. The number of aromatic nitrogens is 1. The summed E-state index contributed by atoms with van der Waals surface area (Å²) in [5.74, 6) is -1.17. The van der Waals surface area contributed by atoms with Gasteiger partial charge in [-0.2, -0.15) is 0 Å². The van der Waals surface area contributed by atoms with E-state index in [-0.39, 0.29) is 47.9 Å². The highest BCUT2D eigenvalue weighted by molar-refractivity contribution is 7.13. The van der Waals surface area contributed by atoms with Crippen LogP contribution in [-0.4, -0.2) is 41.1 Å². The van der Waals surface area contributed by atoms with E-state index in [1.165, 1.54) is 11.1 Å². The first-order valence-electron chi connectivity index (χ1n) is 22.2. The lowest BCUT2D eigenvalue weighted by Crippen LogP contribution is -2.30. The number of ether oxygens (including phenoxy) is 4. The summed E-state index contributed by atoms with van der Waals surface area (Å²) in [4.78, 5) is 58.4. The van der Waals surface area contributed by atoms with Crippen molar-refractivity contribution in [2.45, 2.75) is 129 Å². The van der Waals surface area contributed by atoms with Crippen LogP contribution in [0, 0.1) is 11.8 Å². The maximum Gasteiger partial charge on any atom is 0.314 e. The van der Waals surface area contributed by atoms with Gasteiger partial charge >= 0.3 is 23.9 Å². The molecule has 0 atom stereocenters. The van der Waals surface area contributed by atoms with Gasteiger partial charge in [-0.05, 0) is 135 Å². The summed E-state index contributed by atoms with van der Waals surface area (Å²) in [5, 5.41) is 2.54. The number of carbonyl (C=O) groups excluding carboxylic acids is 4. The zero-order chi connectivity index (χ0) is 42.6. The van der Waals surface area contributed by atoms with E-state index in [1.807, 2.05) is 29.6 Å². The molecule has 2 aliphatic rings. The van der Waals surface area contributed by atoms with Gasteiger partial charge in [0.25, 0.3) is 0 Å². The van der Waals surface area contributed by atoms with Gasteiger partial charge in [0.2, 0.25) is 0 Å². The normalized spacial score (nSPS) is 18.9. The SMILES string of the molecule is CCCc1ccc(CCC(=O)OC2CCC(C(=O)Oc3ccc(OC(=O)C4CCC(OC(=O)CCc5ccc(CCC)cc5)CC4)c4nc(-c5cccs5)ccc34)CC2)cc1. The van der Waals surface area contributed by atoms with E-state index in [0.29, 0.717) is 99.5 Å². The molecule has 0 unspecified atom stereocenters.